The second-order valence-electron chi connectivity index (χ2n) is 3.08. The Kier molecular flexibility index (Phi) is 3.28. The van der Waals surface area contributed by atoms with Crippen molar-refractivity contribution in [2.24, 2.45) is 7.05 Å². The summed E-state index contributed by atoms with van der Waals surface area (Å²) >= 11 is 0. The minimum atomic E-state index is -4.56. The topological polar surface area (TPSA) is 74.0 Å². The molecule has 1 heterocycles. The van der Waals surface area contributed by atoms with Crippen LogP contribution >= 0.6 is 0 Å². The molecule has 0 bridgehead atoms. The Morgan fingerprint density at radius 2 is 2.07 bits per heavy atom. The number of rotatable bonds is 4. The molecular formula is C7H12FN3O3S. The summed E-state index contributed by atoms with van der Waals surface area (Å²) in [5, 5.41) is 3.87. The van der Waals surface area contributed by atoms with Crippen molar-refractivity contribution < 1.29 is 12.3 Å². The zero-order chi connectivity index (χ0) is 11.6. The fourth-order valence-electron chi connectivity index (χ4n) is 1.18. The predicted octanol–water partition coefficient (Wildman–Crippen LogP) is -0.556. The number of aryl methyl sites for hydroxylation is 2. The first kappa shape index (κ1) is 11.9. The molecule has 0 aliphatic rings. The molecule has 1 aromatic rings. The number of nitrogens with zero attached hydrogens (tertiary/aromatic N) is 3. The molecule has 0 spiro atoms. The molecule has 1 aromatic heterocycles. The Morgan fingerprint density at radius 3 is 2.47 bits per heavy atom. The van der Waals surface area contributed by atoms with Crippen LogP contribution in [0.4, 0.5) is 3.89 Å². The molecular weight excluding hydrogens is 225 g/mol. The molecule has 1 rings (SSSR count). The summed E-state index contributed by atoms with van der Waals surface area (Å²) in [6.07, 6.45) is 0.557. The van der Waals surface area contributed by atoms with Crippen LogP contribution in [0.5, 0.6) is 0 Å². The average Bonchev–Trinajstić information content (AvgIpc) is 2.40. The van der Waals surface area contributed by atoms with E-state index >= 15 is 0 Å². The van der Waals surface area contributed by atoms with Gasteiger partial charge in [0.2, 0.25) is 0 Å². The highest BCUT2D eigenvalue weighted by Gasteiger charge is 2.12. The number of halogens is 1. The van der Waals surface area contributed by atoms with E-state index in [-0.39, 0.29) is 6.54 Å². The average molecular weight is 237 g/mol. The monoisotopic (exact) mass is 237 g/mol. The van der Waals surface area contributed by atoms with Crippen molar-refractivity contribution in [3.8, 4) is 0 Å². The van der Waals surface area contributed by atoms with E-state index in [1.807, 2.05) is 6.92 Å². The first-order valence-electron chi connectivity index (χ1n) is 4.40. The van der Waals surface area contributed by atoms with Crippen LogP contribution in [0.1, 0.15) is 12.7 Å². The third-order valence-electron chi connectivity index (χ3n) is 1.99. The number of aromatic nitrogens is 3. The van der Waals surface area contributed by atoms with E-state index in [0.29, 0.717) is 12.2 Å². The van der Waals surface area contributed by atoms with Crippen LogP contribution in [0.25, 0.3) is 0 Å². The summed E-state index contributed by atoms with van der Waals surface area (Å²) in [5.41, 5.74) is -0.435. The molecule has 0 aromatic carbocycles. The van der Waals surface area contributed by atoms with Gasteiger partial charge in [-0.3, -0.25) is 4.57 Å². The zero-order valence-electron chi connectivity index (χ0n) is 8.47. The Bertz CT molecular complexity index is 502. The van der Waals surface area contributed by atoms with Crippen LogP contribution in [-0.4, -0.2) is 28.5 Å². The van der Waals surface area contributed by atoms with Gasteiger partial charge in [-0.15, -0.1) is 3.89 Å². The maximum absolute atomic E-state index is 12.2. The fourth-order valence-corrected chi connectivity index (χ4v) is 1.57. The number of hydrogen-bond donors (Lipinski definition) is 0. The van der Waals surface area contributed by atoms with Gasteiger partial charge in [0.15, 0.2) is 0 Å². The molecule has 0 amide bonds. The van der Waals surface area contributed by atoms with E-state index < -0.39 is 21.7 Å². The molecule has 0 N–H and O–H groups in total. The van der Waals surface area contributed by atoms with Crippen LogP contribution in [0, 0.1) is 0 Å². The third-order valence-corrected chi connectivity index (χ3v) is 2.66. The second kappa shape index (κ2) is 4.13. The molecule has 15 heavy (non-hydrogen) atoms. The Morgan fingerprint density at radius 1 is 1.47 bits per heavy atom. The van der Waals surface area contributed by atoms with E-state index in [1.54, 1.807) is 0 Å². The van der Waals surface area contributed by atoms with Crippen molar-refractivity contribution in [2.75, 3.05) is 5.75 Å². The summed E-state index contributed by atoms with van der Waals surface area (Å²) in [4.78, 5) is 11.4. The molecule has 0 aliphatic carbocycles. The highest BCUT2D eigenvalue weighted by Crippen LogP contribution is 1.94. The summed E-state index contributed by atoms with van der Waals surface area (Å²) in [7, 11) is -3.02. The zero-order valence-corrected chi connectivity index (χ0v) is 9.29. The van der Waals surface area contributed by atoms with Gasteiger partial charge < -0.3 is 0 Å². The summed E-state index contributed by atoms with van der Waals surface area (Å²) < 4.78 is 35.0. The molecule has 8 heteroatoms. The molecule has 0 unspecified atom stereocenters. The fraction of sp³-hybridized carbons (Fsp3) is 0.714. The minimum absolute atomic E-state index is 0.258. The van der Waals surface area contributed by atoms with Crippen molar-refractivity contribution in [1.82, 2.24) is 14.3 Å². The van der Waals surface area contributed by atoms with Crippen LogP contribution in [0.3, 0.4) is 0 Å². The molecule has 0 radical (unpaired) electrons. The summed E-state index contributed by atoms with van der Waals surface area (Å²) in [6, 6.07) is 0. The lowest BCUT2D eigenvalue weighted by Gasteiger charge is -1.94. The molecule has 0 saturated heterocycles. The van der Waals surface area contributed by atoms with Crippen LogP contribution in [0.2, 0.25) is 0 Å². The first-order chi connectivity index (χ1) is 6.85. The summed E-state index contributed by atoms with van der Waals surface area (Å²) in [6.45, 7) is 1.56. The van der Waals surface area contributed by atoms with Gasteiger partial charge in [0.25, 0.3) is 0 Å². The second-order valence-corrected chi connectivity index (χ2v) is 4.56. The van der Waals surface area contributed by atoms with E-state index in [1.165, 1.54) is 11.6 Å². The molecule has 86 valence electrons. The van der Waals surface area contributed by atoms with Gasteiger partial charge in [-0.2, -0.15) is 13.5 Å². The Hall–Kier alpha value is -1.18. The Labute approximate surface area is 86.5 Å². The van der Waals surface area contributed by atoms with Gasteiger partial charge in [-0.05, 0) is 0 Å². The highest BCUT2D eigenvalue weighted by molar-refractivity contribution is 7.86. The van der Waals surface area contributed by atoms with Gasteiger partial charge in [-0.25, -0.2) is 9.48 Å². The van der Waals surface area contributed by atoms with Crippen molar-refractivity contribution in [3.63, 3.8) is 0 Å². The Balaban J connectivity index is 2.92. The van der Waals surface area contributed by atoms with Gasteiger partial charge in [-0.1, -0.05) is 6.92 Å². The number of hydrogen-bond acceptors (Lipinski definition) is 4. The van der Waals surface area contributed by atoms with Crippen molar-refractivity contribution in [3.05, 3.63) is 16.3 Å². The molecule has 0 fully saturated rings. The van der Waals surface area contributed by atoms with Gasteiger partial charge >= 0.3 is 15.9 Å². The minimum Gasteiger partial charge on any atom is -0.282 e. The van der Waals surface area contributed by atoms with Crippen molar-refractivity contribution in [2.45, 2.75) is 19.9 Å². The van der Waals surface area contributed by atoms with E-state index in [4.69, 9.17) is 0 Å². The van der Waals surface area contributed by atoms with E-state index in [0.717, 1.165) is 4.68 Å². The van der Waals surface area contributed by atoms with Gasteiger partial charge in [0.1, 0.15) is 5.82 Å². The van der Waals surface area contributed by atoms with Gasteiger partial charge in [0.05, 0.1) is 12.3 Å². The normalized spacial score (nSPS) is 11.9. The SMILES string of the molecule is CCc1nn(CCS(=O)(=O)F)c(=O)n1C. The van der Waals surface area contributed by atoms with Crippen LogP contribution in [0.15, 0.2) is 4.79 Å². The van der Waals surface area contributed by atoms with Crippen LogP contribution in [-0.2, 0) is 30.2 Å². The van der Waals surface area contributed by atoms with E-state index in [2.05, 4.69) is 5.10 Å². The lowest BCUT2D eigenvalue weighted by molar-refractivity contribution is 0.535. The first-order valence-corrected chi connectivity index (χ1v) is 5.95. The maximum atomic E-state index is 12.2. The molecule has 0 aliphatic heterocycles. The van der Waals surface area contributed by atoms with Crippen molar-refractivity contribution >= 4 is 10.2 Å². The quantitative estimate of drug-likeness (QED) is 0.658. The van der Waals surface area contributed by atoms with E-state index in [9.17, 15) is 17.1 Å². The largest absolute Gasteiger partial charge is 0.345 e. The molecule has 0 saturated carbocycles. The molecule has 6 nitrogen and oxygen atoms in total. The lowest BCUT2D eigenvalue weighted by Crippen LogP contribution is -2.25. The molecule has 0 atom stereocenters. The lowest BCUT2D eigenvalue weighted by atomic mass is 10.5. The smallest absolute Gasteiger partial charge is 0.282 e. The summed E-state index contributed by atoms with van der Waals surface area (Å²) in [5.74, 6) is -0.191. The highest BCUT2D eigenvalue weighted by atomic mass is 32.3. The maximum Gasteiger partial charge on any atom is 0.345 e. The van der Waals surface area contributed by atoms with Crippen molar-refractivity contribution in [1.29, 1.82) is 0 Å². The standard InChI is InChI=1S/C7H12FN3O3S/c1-3-6-9-11(7(12)10(6)2)4-5-15(8,13)14/h3-5H2,1-2H3. The van der Waals surface area contributed by atoms with Crippen LogP contribution < -0.4 is 5.69 Å². The third kappa shape index (κ3) is 2.88. The van der Waals surface area contributed by atoms with Gasteiger partial charge in [0, 0.05) is 13.5 Å². The predicted molar refractivity (Wildman–Crippen MR) is 51.7 cm³/mol.